The van der Waals surface area contributed by atoms with Crippen LogP contribution < -0.4 is 0 Å². The van der Waals surface area contributed by atoms with Crippen LogP contribution in [0.3, 0.4) is 0 Å². The van der Waals surface area contributed by atoms with Gasteiger partial charge in [-0.05, 0) is 202 Å². The van der Waals surface area contributed by atoms with Crippen LogP contribution in [0.5, 0.6) is 0 Å². The molecule has 20 rings (SSSR count). The van der Waals surface area contributed by atoms with Crippen molar-refractivity contribution in [2.45, 2.75) is 0 Å². The van der Waals surface area contributed by atoms with E-state index in [0.717, 1.165) is 99.3 Å². The van der Waals surface area contributed by atoms with Gasteiger partial charge in [0.25, 0.3) is 0 Å². The number of para-hydroxylation sites is 2. The van der Waals surface area contributed by atoms with E-state index in [9.17, 15) is 0 Å². The van der Waals surface area contributed by atoms with Crippen LogP contribution >= 0.6 is 0 Å². The number of hydrogen-bond acceptors (Lipinski definition) is 2. The third-order valence-corrected chi connectivity index (χ3v) is 20.7. The first kappa shape index (κ1) is 55.6. The van der Waals surface area contributed by atoms with Gasteiger partial charge < -0.3 is 8.83 Å². The highest BCUT2D eigenvalue weighted by molar-refractivity contribution is 6.29. The van der Waals surface area contributed by atoms with Gasteiger partial charge in [0.1, 0.15) is 22.3 Å². The Hall–Kier alpha value is -12.9. The molecule has 20 aromatic rings. The van der Waals surface area contributed by atoms with E-state index in [0.29, 0.717) is 0 Å². The zero-order valence-corrected chi connectivity index (χ0v) is 53.3. The van der Waals surface area contributed by atoms with E-state index < -0.39 is 0 Å². The topological polar surface area (TPSA) is 26.3 Å². The molecule has 0 atom stereocenters. The van der Waals surface area contributed by atoms with Crippen molar-refractivity contribution in [2.75, 3.05) is 0 Å². The minimum atomic E-state index is 0.858. The molecule has 454 valence electrons. The second-order valence-corrected chi connectivity index (χ2v) is 25.9. The highest BCUT2D eigenvalue weighted by Gasteiger charge is 2.27. The van der Waals surface area contributed by atoms with Gasteiger partial charge in [-0.3, -0.25) is 0 Å². The van der Waals surface area contributed by atoms with Crippen LogP contribution in [0.1, 0.15) is 0 Å². The van der Waals surface area contributed by atoms with Crippen molar-refractivity contribution in [2.24, 2.45) is 0 Å². The third-order valence-electron chi connectivity index (χ3n) is 20.7. The molecule has 0 saturated carbocycles. The van der Waals surface area contributed by atoms with Crippen LogP contribution in [0.2, 0.25) is 0 Å². The zero-order valence-electron chi connectivity index (χ0n) is 53.3. The van der Waals surface area contributed by atoms with E-state index in [1.807, 2.05) is 0 Å². The first-order chi connectivity index (χ1) is 48.6. The molecule has 0 N–H and O–H groups in total. The molecule has 2 nitrogen and oxygen atoms in total. The Labute approximate surface area is 565 Å². The van der Waals surface area contributed by atoms with Crippen molar-refractivity contribution in [3.8, 4) is 100 Å². The number of hydrogen-bond donors (Lipinski definition) is 0. The molecule has 2 heterocycles. The van der Waals surface area contributed by atoms with Crippen molar-refractivity contribution < 1.29 is 8.83 Å². The van der Waals surface area contributed by atoms with Crippen LogP contribution in [0.15, 0.2) is 361 Å². The lowest BCUT2D eigenvalue weighted by atomic mass is 9.81. The summed E-state index contributed by atoms with van der Waals surface area (Å²) in [6, 6.07) is 129. The molecule has 0 bridgehead atoms. The molecule has 18 aromatic carbocycles. The molecule has 0 aliphatic carbocycles. The minimum Gasteiger partial charge on any atom is -0.456 e. The molecule has 2 heteroatoms. The average molecular weight is 1240 g/mol. The summed E-state index contributed by atoms with van der Waals surface area (Å²) in [5.74, 6) is 0. The Morgan fingerprint density at radius 3 is 1.16 bits per heavy atom. The van der Waals surface area contributed by atoms with E-state index in [1.165, 1.54) is 109 Å². The van der Waals surface area contributed by atoms with Gasteiger partial charge in [0.15, 0.2) is 0 Å². The Bertz CT molecular complexity index is 6540. The Morgan fingerprint density at radius 2 is 0.541 bits per heavy atom. The fourth-order valence-corrected chi connectivity index (χ4v) is 16.4. The van der Waals surface area contributed by atoms with Crippen molar-refractivity contribution in [3.05, 3.63) is 352 Å². The standard InChI is InChI=1S/C96H58O2/c1-3-25-59(26-4-1)67-33-9-10-34-72(67)90-73-35-11-17-41-79(73)93(80-42-18-12-36-74(80)90)86-57-65(58-89-94(86)82-43-19-21-47-87(82)97-89)68-45-24-31-64-55-62(49-52-70(64)68)63-50-51-69(60-27-5-2-6-28-60)85(56-63)92-77-39-15-13-37-75(77)91(76-38-14-16-40-78(76)92)84-54-53-81(71-46-23-30-61-29-7-8-32-66(61)71)96-95(84)83-44-20-22-48-88(83)98-96/h1-58H. The van der Waals surface area contributed by atoms with E-state index in [4.69, 9.17) is 8.83 Å². The lowest BCUT2D eigenvalue weighted by Crippen LogP contribution is -1.94. The molecule has 0 fully saturated rings. The van der Waals surface area contributed by atoms with E-state index >= 15 is 0 Å². The van der Waals surface area contributed by atoms with Crippen LogP contribution in [-0.2, 0) is 0 Å². The summed E-state index contributed by atoms with van der Waals surface area (Å²) in [7, 11) is 0. The van der Waals surface area contributed by atoms with Crippen molar-refractivity contribution >= 4 is 109 Å². The van der Waals surface area contributed by atoms with Gasteiger partial charge in [0.2, 0.25) is 0 Å². The minimum absolute atomic E-state index is 0.858. The van der Waals surface area contributed by atoms with Gasteiger partial charge in [0, 0.05) is 27.1 Å². The third kappa shape index (κ3) is 8.68. The summed E-state index contributed by atoms with van der Waals surface area (Å²) in [5.41, 5.74) is 24.5. The van der Waals surface area contributed by atoms with Gasteiger partial charge in [-0.2, -0.15) is 0 Å². The number of rotatable bonds is 9. The number of benzene rings is 18. The molecule has 0 aliphatic heterocycles. The second kappa shape index (κ2) is 22.4. The molecule has 2 aromatic heterocycles. The van der Waals surface area contributed by atoms with E-state index in [2.05, 4.69) is 352 Å². The van der Waals surface area contributed by atoms with Gasteiger partial charge in [-0.1, -0.05) is 309 Å². The fourth-order valence-electron chi connectivity index (χ4n) is 16.4. The number of furan rings is 2. The Kier molecular flexibility index (Phi) is 12.7. The smallest absolute Gasteiger partial charge is 0.143 e. The zero-order chi connectivity index (χ0) is 64.4. The van der Waals surface area contributed by atoms with Crippen LogP contribution in [0, 0.1) is 0 Å². The summed E-state index contributed by atoms with van der Waals surface area (Å²) in [6.45, 7) is 0. The summed E-state index contributed by atoms with van der Waals surface area (Å²) in [4.78, 5) is 0. The fraction of sp³-hybridized carbons (Fsp3) is 0. The van der Waals surface area contributed by atoms with E-state index in [1.54, 1.807) is 0 Å². The van der Waals surface area contributed by atoms with Gasteiger partial charge in [0.05, 0.1) is 0 Å². The molecule has 0 radical (unpaired) electrons. The summed E-state index contributed by atoms with van der Waals surface area (Å²) in [5, 5.41) is 18.7. The summed E-state index contributed by atoms with van der Waals surface area (Å²) < 4.78 is 14.0. The van der Waals surface area contributed by atoms with Crippen LogP contribution in [0.25, 0.3) is 209 Å². The maximum Gasteiger partial charge on any atom is 0.143 e. The lowest BCUT2D eigenvalue weighted by Gasteiger charge is -2.21. The first-order valence-electron chi connectivity index (χ1n) is 33.8. The predicted octanol–water partition coefficient (Wildman–Crippen LogP) is 27.4. The second-order valence-electron chi connectivity index (χ2n) is 25.9. The Balaban J connectivity index is 0.765. The quantitative estimate of drug-likeness (QED) is 0.135. The first-order valence-corrected chi connectivity index (χ1v) is 33.8. The van der Waals surface area contributed by atoms with Gasteiger partial charge >= 0.3 is 0 Å². The van der Waals surface area contributed by atoms with Crippen molar-refractivity contribution in [1.82, 2.24) is 0 Å². The molecular weight excluding hydrogens is 1190 g/mol. The largest absolute Gasteiger partial charge is 0.456 e. The molecule has 0 aliphatic rings. The van der Waals surface area contributed by atoms with Gasteiger partial charge in [-0.25, -0.2) is 0 Å². The van der Waals surface area contributed by atoms with E-state index in [-0.39, 0.29) is 0 Å². The predicted molar refractivity (Wildman–Crippen MR) is 415 cm³/mol. The molecule has 0 spiro atoms. The monoisotopic (exact) mass is 1240 g/mol. The van der Waals surface area contributed by atoms with Crippen molar-refractivity contribution in [1.29, 1.82) is 0 Å². The van der Waals surface area contributed by atoms with Gasteiger partial charge in [-0.15, -0.1) is 0 Å². The SMILES string of the molecule is c1ccc(-c2ccccc2-c2c3ccccc3c(-c3cc(-c4cccc5cc(-c6ccc(-c7ccccc7)c(-c7c8ccccc8c(-c8ccc(-c9cccc%10ccccc9%10)c9oc%10ccccc%10c89)c8ccccc78)c6)ccc45)cc4oc5ccccc5c34)c3ccccc23)cc1. The summed E-state index contributed by atoms with van der Waals surface area (Å²) >= 11 is 0. The highest BCUT2D eigenvalue weighted by Crippen LogP contribution is 2.53. The molecule has 0 unspecified atom stereocenters. The molecule has 98 heavy (non-hydrogen) atoms. The summed E-state index contributed by atoms with van der Waals surface area (Å²) in [6.07, 6.45) is 0. The van der Waals surface area contributed by atoms with Crippen LogP contribution in [0.4, 0.5) is 0 Å². The van der Waals surface area contributed by atoms with Crippen molar-refractivity contribution in [3.63, 3.8) is 0 Å². The number of fused-ring (bicyclic) bond motifs is 12. The normalized spacial score (nSPS) is 11.9. The maximum atomic E-state index is 7.04. The Morgan fingerprint density at radius 1 is 0.153 bits per heavy atom. The maximum absolute atomic E-state index is 7.04. The lowest BCUT2D eigenvalue weighted by molar-refractivity contribution is 0.669. The molecule has 0 amide bonds. The average Bonchev–Trinajstić information content (AvgIpc) is 1.48. The van der Waals surface area contributed by atoms with Crippen LogP contribution in [-0.4, -0.2) is 0 Å². The molecule has 0 saturated heterocycles. The molecular formula is C96H58O2. The highest BCUT2D eigenvalue weighted by atomic mass is 16.3.